The van der Waals surface area contributed by atoms with Crippen LogP contribution in [0.15, 0.2) is 47.4 Å². The topological polar surface area (TPSA) is 84.9 Å². The van der Waals surface area contributed by atoms with E-state index in [1.54, 1.807) is 13.2 Å². The highest BCUT2D eigenvalue weighted by Crippen LogP contribution is 2.30. The zero-order valence-electron chi connectivity index (χ0n) is 18.3. The molecule has 2 aromatic rings. The third-order valence-corrected chi connectivity index (χ3v) is 7.62. The number of nitrogens with zero attached hydrogens (tertiary/aromatic N) is 1. The molecule has 7 nitrogen and oxygen atoms in total. The van der Waals surface area contributed by atoms with Gasteiger partial charge in [0.2, 0.25) is 15.9 Å². The number of sulfonamides is 1. The van der Waals surface area contributed by atoms with Gasteiger partial charge in [-0.3, -0.25) is 4.79 Å². The van der Waals surface area contributed by atoms with E-state index >= 15 is 0 Å². The number of hydrogen-bond acceptors (Lipinski definition) is 5. The largest absolute Gasteiger partial charge is 0.497 e. The lowest BCUT2D eigenvalue weighted by atomic mass is 9.99. The maximum atomic E-state index is 13.1. The van der Waals surface area contributed by atoms with Crippen LogP contribution in [0.4, 0.5) is 0 Å². The number of methoxy groups -OCH3 is 1. The fraction of sp³-hybridized carbons (Fsp3) is 0.435. The van der Waals surface area contributed by atoms with Crippen LogP contribution in [0, 0.1) is 5.92 Å². The summed E-state index contributed by atoms with van der Waals surface area (Å²) in [4.78, 5) is 12.8. The van der Waals surface area contributed by atoms with Crippen LogP contribution in [-0.2, 0) is 21.2 Å². The maximum Gasteiger partial charge on any atom is 0.243 e. The summed E-state index contributed by atoms with van der Waals surface area (Å²) in [6.45, 7) is 3.29. The van der Waals surface area contributed by atoms with Gasteiger partial charge in [0.05, 0.1) is 29.6 Å². The first-order chi connectivity index (χ1) is 15.3. The van der Waals surface area contributed by atoms with Gasteiger partial charge in [0.25, 0.3) is 0 Å². The molecule has 2 aromatic carbocycles. The van der Waals surface area contributed by atoms with Gasteiger partial charge in [0.1, 0.15) is 11.5 Å². The van der Waals surface area contributed by atoms with E-state index in [0.717, 1.165) is 11.3 Å². The molecule has 32 heavy (non-hydrogen) atoms. The van der Waals surface area contributed by atoms with Gasteiger partial charge in [-0.1, -0.05) is 23.7 Å². The molecule has 3 rings (SSSR count). The second-order valence-corrected chi connectivity index (χ2v) is 9.96. The molecule has 1 aliphatic heterocycles. The molecule has 1 aliphatic rings. The molecule has 1 atom stereocenters. The molecule has 0 saturated carbocycles. The Morgan fingerprint density at radius 1 is 1.22 bits per heavy atom. The molecular formula is C23H29ClN2O5S. The predicted molar refractivity (Wildman–Crippen MR) is 124 cm³/mol. The van der Waals surface area contributed by atoms with Crippen LogP contribution in [0.5, 0.6) is 11.5 Å². The Balaban J connectivity index is 1.58. The normalized spacial score (nSPS) is 17.0. The molecule has 1 saturated heterocycles. The van der Waals surface area contributed by atoms with Gasteiger partial charge >= 0.3 is 0 Å². The fourth-order valence-corrected chi connectivity index (χ4v) is 5.56. The Morgan fingerprint density at radius 2 is 1.97 bits per heavy atom. The van der Waals surface area contributed by atoms with Gasteiger partial charge in [-0.15, -0.1) is 0 Å². The highest BCUT2D eigenvalue weighted by Gasteiger charge is 2.33. The van der Waals surface area contributed by atoms with Gasteiger partial charge in [-0.05, 0) is 62.1 Å². The zero-order valence-corrected chi connectivity index (χ0v) is 19.9. The summed E-state index contributed by atoms with van der Waals surface area (Å²) >= 11 is 6.18. The predicted octanol–water partition coefficient (Wildman–Crippen LogP) is 3.51. The summed E-state index contributed by atoms with van der Waals surface area (Å²) in [5.74, 6) is 0.728. The van der Waals surface area contributed by atoms with E-state index in [9.17, 15) is 13.2 Å². The molecule has 0 radical (unpaired) electrons. The Kier molecular flexibility index (Phi) is 8.39. The van der Waals surface area contributed by atoms with E-state index in [1.165, 1.54) is 16.4 Å². The van der Waals surface area contributed by atoms with Crippen molar-refractivity contribution in [1.82, 2.24) is 9.62 Å². The summed E-state index contributed by atoms with van der Waals surface area (Å²) in [6.07, 6.45) is 1.97. The van der Waals surface area contributed by atoms with Crippen LogP contribution in [0.3, 0.4) is 0 Å². The van der Waals surface area contributed by atoms with Crippen LogP contribution in [0.2, 0.25) is 5.02 Å². The van der Waals surface area contributed by atoms with E-state index in [4.69, 9.17) is 21.1 Å². The van der Waals surface area contributed by atoms with Crippen LogP contribution in [-0.4, -0.2) is 52.0 Å². The van der Waals surface area contributed by atoms with Gasteiger partial charge in [0.15, 0.2) is 0 Å². The Labute approximate surface area is 194 Å². The fourth-order valence-electron chi connectivity index (χ4n) is 3.70. The first kappa shape index (κ1) is 24.4. The number of benzene rings is 2. The first-order valence-corrected chi connectivity index (χ1v) is 12.5. The van der Waals surface area contributed by atoms with Crippen molar-refractivity contribution < 1.29 is 22.7 Å². The van der Waals surface area contributed by atoms with E-state index in [0.29, 0.717) is 44.7 Å². The molecule has 1 heterocycles. The lowest BCUT2D eigenvalue weighted by Gasteiger charge is -2.31. The van der Waals surface area contributed by atoms with Crippen molar-refractivity contribution in [1.29, 1.82) is 0 Å². The molecule has 0 unspecified atom stereocenters. The van der Waals surface area contributed by atoms with E-state index in [1.807, 2.05) is 31.2 Å². The van der Waals surface area contributed by atoms with Gasteiger partial charge in [-0.25, -0.2) is 8.42 Å². The summed E-state index contributed by atoms with van der Waals surface area (Å²) in [7, 11) is -2.13. The van der Waals surface area contributed by atoms with Crippen molar-refractivity contribution in [3.63, 3.8) is 0 Å². The third-order valence-electron chi connectivity index (χ3n) is 5.47. The third kappa shape index (κ3) is 5.94. The van der Waals surface area contributed by atoms with E-state index < -0.39 is 10.0 Å². The van der Waals surface area contributed by atoms with E-state index in [-0.39, 0.29) is 28.3 Å². The zero-order chi connectivity index (χ0) is 23.1. The molecule has 9 heteroatoms. The number of carbonyl (C=O) groups is 1. The summed E-state index contributed by atoms with van der Waals surface area (Å²) in [6, 6.07) is 12.1. The Morgan fingerprint density at radius 3 is 2.62 bits per heavy atom. The van der Waals surface area contributed by atoms with Crippen LogP contribution in [0.1, 0.15) is 25.3 Å². The lowest BCUT2D eigenvalue weighted by Crippen LogP contribution is -2.45. The standard InChI is InChI=1S/C23H29ClN2O5S/c1-3-31-22-11-10-20(15-21(22)24)32(28,29)26-14-4-5-18(16-26)23(27)25-13-12-17-6-8-19(30-2)9-7-17/h6-11,15,18H,3-5,12-14,16H2,1-2H3,(H,25,27)/t18-/m1/s1. The average molecular weight is 481 g/mol. The molecule has 1 amide bonds. The number of ether oxygens (including phenoxy) is 2. The van der Waals surface area contributed by atoms with Crippen molar-refractivity contribution in [3.8, 4) is 11.5 Å². The minimum atomic E-state index is -3.75. The minimum Gasteiger partial charge on any atom is -0.497 e. The maximum absolute atomic E-state index is 13.1. The summed E-state index contributed by atoms with van der Waals surface area (Å²) < 4.78 is 38.1. The van der Waals surface area contributed by atoms with Crippen molar-refractivity contribution in [2.24, 2.45) is 5.92 Å². The van der Waals surface area contributed by atoms with Gasteiger partial charge < -0.3 is 14.8 Å². The molecule has 1 N–H and O–H groups in total. The van der Waals surface area contributed by atoms with Crippen molar-refractivity contribution in [2.75, 3.05) is 33.4 Å². The molecule has 0 aromatic heterocycles. The molecule has 0 spiro atoms. The van der Waals surface area contributed by atoms with Crippen molar-refractivity contribution in [2.45, 2.75) is 31.1 Å². The average Bonchev–Trinajstić information content (AvgIpc) is 2.81. The molecule has 174 valence electrons. The number of amides is 1. The summed E-state index contributed by atoms with van der Waals surface area (Å²) in [5, 5.41) is 3.19. The number of hydrogen-bond donors (Lipinski definition) is 1. The highest BCUT2D eigenvalue weighted by molar-refractivity contribution is 7.89. The number of rotatable bonds is 9. The molecule has 0 bridgehead atoms. The van der Waals surface area contributed by atoms with Gasteiger partial charge in [-0.2, -0.15) is 4.31 Å². The minimum absolute atomic E-state index is 0.103. The monoisotopic (exact) mass is 480 g/mol. The van der Waals surface area contributed by atoms with E-state index in [2.05, 4.69) is 5.32 Å². The Hall–Kier alpha value is -2.29. The van der Waals surface area contributed by atoms with Crippen molar-refractivity contribution >= 4 is 27.5 Å². The second-order valence-electron chi connectivity index (χ2n) is 7.62. The molecular weight excluding hydrogens is 452 g/mol. The smallest absolute Gasteiger partial charge is 0.243 e. The van der Waals surface area contributed by atoms with Crippen LogP contribution in [0.25, 0.3) is 0 Å². The van der Waals surface area contributed by atoms with Crippen LogP contribution < -0.4 is 14.8 Å². The summed E-state index contributed by atoms with van der Waals surface area (Å²) in [5.41, 5.74) is 1.09. The number of nitrogens with one attached hydrogen (secondary N) is 1. The number of halogens is 1. The second kappa shape index (κ2) is 11.0. The van der Waals surface area contributed by atoms with Crippen LogP contribution >= 0.6 is 11.6 Å². The first-order valence-electron chi connectivity index (χ1n) is 10.7. The number of carbonyl (C=O) groups excluding carboxylic acids is 1. The SMILES string of the molecule is CCOc1ccc(S(=O)(=O)N2CCC[C@@H](C(=O)NCCc3ccc(OC)cc3)C2)cc1Cl. The molecule has 1 fully saturated rings. The highest BCUT2D eigenvalue weighted by atomic mass is 35.5. The Bertz CT molecular complexity index is 1030. The van der Waals surface area contributed by atoms with Gasteiger partial charge in [0, 0.05) is 19.6 Å². The molecule has 0 aliphatic carbocycles. The number of piperidine rings is 1. The lowest BCUT2D eigenvalue weighted by molar-refractivity contribution is -0.126. The van der Waals surface area contributed by atoms with Crippen molar-refractivity contribution in [3.05, 3.63) is 53.1 Å². The quantitative estimate of drug-likeness (QED) is 0.593.